The van der Waals surface area contributed by atoms with Gasteiger partial charge in [-0.1, -0.05) is 20.8 Å². The monoisotopic (exact) mass is 342 g/mol. The normalized spacial score (nSPS) is 24.7. The summed E-state index contributed by atoms with van der Waals surface area (Å²) in [6.45, 7) is 8.04. The van der Waals surface area contributed by atoms with E-state index < -0.39 is 15.4 Å². The first-order valence-corrected chi connectivity index (χ1v) is 9.80. The summed E-state index contributed by atoms with van der Waals surface area (Å²) >= 11 is 1.55. The summed E-state index contributed by atoms with van der Waals surface area (Å²) in [6.07, 6.45) is 5.37. The van der Waals surface area contributed by atoms with Crippen LogP contribution in [0.1, 0.15) is 44.0 Å². The van der Waals surface area contributed by atoms with Gasteiger partial charge in [0, 0.05) is 22.6 Å². The molecule has 1 aliphatic rings. The zero-order chi connectivity index (χ0) is 16.6. The van der Waals surface area contributed by atoms with Gasteiger partial charge in [0.25, 0.3) is 0 Å². The molecule has 2 heterocycles. The van der Waals surface area contributed by atoms with Crippen LogP contribution in [0.5, 0.6) is 0 Å². The van der Waals surface area contributed by atoms with Crippen molar-refractivity contribution in [1.29, 1.82) is 0 Å². The average Bonchev–Trinajstić information content (AvgIpc) is 2.91. The number of thiazole rings is 1. The van der Waals surface area contributed by atoms with Gasteiger partial charge in [-0.05, 0) is 19.4 Å². The Morgan fingerprint density at radius 2 is 2.14 bits per heavy atom. The molecule has 122 valence electrons. The van der Waals surface area contributed by atoms with Crippen LogP contribution in [0.15, 0.2) is 12.3 Å². The second-order valence-electron chi connectivity index (χ2n) is 7.04. The molecule has 0 radical (unpaired) electrons. The van der Waals surface area contributed by atoms with Gasteiger partial charge in [0.2, 0.25) is 5.91 Å². The highest BCUT2D eigenvalue weighted by Crippen LogP contribution is 2.27. The Morgan fingerprint density at radius 3 is 2.64 bits per heavy atom. The predicted octanol–water partition coefficient (Wildman–Crippen LogP) is 2.15. The summed E-state index contributed by atoms with van der Waals surface area (Å²) in [4.78, 5) is 17.2. The highest BCUT2D eigenvalue weighted by Gasteiger charge is 2.39. The minimum Gasteiger partial charge on any atom is -0.346 e. The lowest BCUT2D eigenvalue weighted by Crippen LogP contribution is -2.46. The minimum atomic E-state index is -3.03. The van der Waals surface area contributed by atoms with Crippen molar-refractivity contribution in [3.8, 4) is 0 Å². The summed E-state index contributed by atoms with van der Waals surface area (Å²) < 4.78 is 23.1. The molecule has 1 amide bonds. The Morgan fingerprint density at radius 1 is 1.45 bits per heavy atom. The van der Waals surface area contributed by atoms with Crippen molar-refractivity contribution in [2.45, 2.75) is 45.1 Å². The van der Waals surface area contributed by atoms with Crippen LogP contribution in [0.4, 0.5) is 0 Å². The third kappa shape index (κ3) is 4.39. The zero-order valence-electron chi connectivity index (χ0n) is 13.3. The summed E-state index contributed by atoms with van der Waals surface area (Å²) in [5.41, 5.74) is -0.671. The predicted molar refractivity (Wildman–Crippen MR) is 89.7 cm³/mol. The van der Waals surface area contributed by atoms with Crippen molar-refractivity contribution < 1.29 is 13.2 Å². The van der Waals surface area contributed by atoms with Crippen LogP contribution in [0, 0.1) is 0 Å². The van der Waals surface area contributed by atoms with E-state index in [1.165, 1.54) is 6.08 Å². The number of hydrogen-bond acceptors (Lipinski definition) is 5. The van der Waals surface area contributed by atoms with Gasteiger partial charge >= 0.3 is 0 Å². The zero-order valence-corrected chi connectivity index (χ0v) is 15.0. The molecule has 0 spiro atoms. The number of nitrogens with one attached hydrogen (secondary N) is 1. The van der Waals surface area contributed by atoms with Crippen molar-refractivity contribution in [1.82, 2.24) is 10.3 Å². The molecule has 0 aliphatic carbocycles. The first-order valence-electron chi connectivity index (χ1n) is 7.16. The molecule has 5 nitrogen and oxygen atoms in total. The molecule has 0 aromatic carbocycles. The number of sulfone groups is 1. The lowest BCUT2D eigenvalue weighted by atomic mass is 9.98. The highest BCUT2D eigenvalue weighted by molar-refractivity contribution is 7.91. The van der Waals surface area contributed by atoms with E-state index in [1.54, 1.807) is 30.5 Å². The van der Waals surface area contributed by atoms with E-state index in [0.29, 0.717) is 6.42 Å². The van der Waals surface area contributed by atoms with Crippen molar-refractivity contribution in [2.75, 3.05) is 11.5 Å². The van der Waals surface area contributed by atoms with Crippen LogP contribution >= 0.6 is 11.3 Å². The topological polar surface area (TPSA) is 76.1 Å². The Bertz CT molecular complexity index is 699. The highest BCUT2D eigenvalue weighted by atomic mass is 32.2. The van der Waals surface area contributed by atoms with Gasteiger partial charge in [-0.25, -0.2) is 13.4 Å². The fourth-order valence-electron chi connectivity index (χ4n) is 2.32. The fourth-order valence-corrected chi connectivity index (χ4v) is 5.29. The number of nitrogens with zero attached hydrogens (tertiary/aromatic N) is 1. The van der Waals surface area contributed by atoms with Gasteiger partial charge in [-0.15, -0.1) is 11.3 Å². The molecule has 1 unspecified atom stereocenters. The lowest BCUT2D eigenvalue weighted by Gasteiger charge is -2.22. The summed E-state index contributed by atoms with van der Waals surface area (Å²) in [6, 6.07) is 0. The van der Waals surface area contributed by atoms with Crippen LogP contribution in [-0.2, 0) is 20.0 Å². The molecule has 1 atom stereocenters. The molecule has 0 bridgehead atoms. The van der Waals surface area contributed by atoms with E-state index in [4.69, 9.17) is 0 Å². The van der Waals surface area contributed by atoms with Crippen LogP contribution in [0.3, 0.4) is 0 Å². The largest absolute Gasteiger partial charge is 0.346 e. The van der Waals surface area contributed by atoms with Gasteiger partial charge in [0.1, 0.15) is 0 Å². The summed E-state index contributed by atoms with van der Waals surface area (Å²) in [5, 5.41) is 3.81. The molecule has 22 heavy (non-hydrogen) atoms. The smallest absolute Gasteiger partial charge is 0.244 e. The standard InChI is InChI=1S/C15H22N2O3S2/c1-14(2,3)13-16-9-11(21-13)5-6-12(18)17-15(4)7-8-22(19,20)10-15/h5-6,9H,7-8,10H2,1-4H3,(H,17,18)/b6-5+. The molecule has 1 aliphatic heterocycles. The lowest BCUT2D eigenvalue weighted by molar-refractivity contribution is -0.117. The molecular weight excluding hydrogens is 320 g/mol. The SMILES string of the molecule is CC1(NC(=O)/C=C/c2cnc(C(C)(C)C)s2)CCS(=O)(=O)C1. The Balaban J connectivity index is 1.99. The molecule has 7 heteroatoms. The summed E-state index contributed by atoms with van der Waals surface area (Å²) in [5.74, 6) is -0.128. The van der Waals surface area contributed by atoms with Gasteiger partial charge < -0.3 is 5.32 Å². The van der Waals surface area contributed by atoms with E-state index in [1.807, 2.05) is 0 Å². The number of hydrogen-bond donors (Lipinski definition) is 1. The first kappa shape index (κ1) is 17.1. The number of amides is 1. The van der Waals surface area contributed by atoms with Crippen molar-refractivity contribution in [2.24, 2.45) is 0 Å². The Hall–Kier alpha value is -1.21. The number of carbonyl (C=O) groups is 1. The molecule has 1 saturated heterocycles. The van der Waals surface area contributed by atoms with Crippen molar-refractivity contribution in [3.63, 3.8) is 0 Å². The number of rotatable bonds is 3. The second kappa shape index (κ2) is 5.77. The van der Waals surface area contributed by atoms with E-state index in [-0.39, 0.29) is 22.8 Å². The molecule has 0 saturated carbocycles. The second-order valence-corrected chi connectivity index (χ2v) is 10.3. The van der Waals surface area contributed by atoms with Gasteiger partial charge in [0.05, 0.1) is 22.1 Å². The number of carbonyl (C=O) groups excluding carboxylic acids is 1. The molecular formula is C15H22N2O3S2. The average molecular weight is 342 g/mol. The Kier molecular flexibility index (Phi) is 4.50. The number of aromatic nitrogens is 1. The van der Waals surface area contributed by atoms with E-state index in [2.05, 4.69) is 31.1 Å². The van der Waals surface area contributed by atoms with Crippen LogP contribution in [-0.4, -0.2) is 36.4 Å². The van der Waals surface area contributed by atoms with Gasteiger partial charge in [0.15, 0.2) is 9.84 Å². The minimum absolute atomic E-state index is 0.00824. The van der Waals surface area contributed by atoms with Crippen molar-refractivity contribution >= 4 is 33.2 Å². The maximum absolute atomic E-state index is 12.0. The maximum Gasteiger partial charge on any atom is 0.244 e. The quantitative estimate of drug-likeness (QED) is 0.854. The van der Waals surface area contributed by atoms with Gasteiger partial charge in [-0.3, -0.25) is 4.79 Å². The van der Waals surface area contributed by atoms with Crippen molar-refractivity contribution in [3.05, 3.63) is 22.2 Å². The molecule has 1 aromatic heterocycles. The molecule has 2 rings (SSSR count). The van der Waals surface area contributed by atoms with Crippen LogP contribution in [0.25, 0.3) is 6.08 Å². The van der Waals surface area contributed by atoms with Crippen LogP contribution < -0.4 is 5.32 Å². The van der Waals surface area contributed by atoms with Crippen LogP contribution in [0.2, 0.25) is 0 Å². The van der Waals surface area contributed by atoms with E-state index >= 15 is 0 Å². The third-order valence-corrected chi connectivity index (χ3v) is 6.78. The molecule has 1 N–H and O–H groups in total. The first-order chi connectivity index (χ1) is 9.99. The van der Waals surface area contributed by atoms with Gasteiger partial charge in [-0.2, -0.15) is 0 Å². The summed E-state index contributed by atoms with van der Waals surface area (Å²) in [7, 11) is -3.03. The maximum atomic E-state index is 12.0. The molecule has 1 aromatic rings. The third-order valence-electron chi connectivity index (χ3n) is 3.49. The fraction of sp³-hybridized carbons (Fsp3) is 0.600. The van der Waals surface area contributed by atoms with E-state index in [0.717, 1.165) is 9.88 Å². The molecule has 1 fully saturated rings. The Labute approximate surface area is 135 Å². The van der Waals surface area contributed by atoms with E-state index in [9.17, 15) is 13.2 Å².